The second kappa shape index (κ2) is 4.85. The summed E-state index contributed by atoms with van der Waals surface area (Å²) in [6, 6.07) is 17.4. The van der Waals surface area contributed by atoms with E-state index in [1.54, 1.807) is 0 Å². The molecule has 0 fully saturated rings. The maximum absolute atomic E-state index is 4.18. The van der Waals surface area contributed by atoms with E-state index < -0.39 is 0 Å². The highest BCUT2D eigenvalue weighted by molar-refractivity contribution is 5.86. The van der Waals surface area contributed by atoms with Crippen molar-refractivity contribution in [1.82, 2.24) is 4.98 Å². The van der Waals surface area contributed by atoms with Gasteiger partial charge in [-0.3, -0.25) is 4.98 Å². The fourth-order valence-corrected chi connectivity index (χ4v) is 2.33. The van der Waals surface area contributed by atoms with Crippen LogP contribution in [0.2, 0.25) is 0 Å². The molecule has 0 bridgehead atoms. The minimum atomic E-state index is 0.579. The molecule has 0 spiro atoms. The van der Waals surface area contributed by atoms with E-state index in [0.717, 1.165) is 0 Å². The van der Waals surface area contributed by atoms with Crippen LogP contribution in [-0.2, 0) is 0 Å². The van der Waals surface area contributed by atoms with E-state index in [4.69, 9.17) is 0 Å². The molecular weight excluding hydrogens is 230 g/mol. The van der Waals surface area contributed by atoms with Crippen molar-refractivity contribution >= 4 is 10.8 Å². The van der Waals surface area contributed by atoms with Crippen molar-refractivity contribution in [3.63, 3.8) is 0 Å². The zero-order chi connectivity index (χ0) is 13.2. The first-order valence-corrected chi connectivity index (χ1v) is 6.68. The largest absolute Gasteiger partial charge is 0.264 e. The van der Waals surface area contributed by atoms with Crippen LogP contribution in [-0.4, -0.2) is 4.98 Å². The Morgan fingerprint density at radius 2 is 1.53 bits per heavy atom. The molecular formula is C18H17N. The molecule has 0 unspecified atom stereocenters. The summed E-state index contributed by atoms with van der Waals surface area (Å²) in [5.74, 6) is 0.579. The molecule has 1 aromatic heterocycles. The highest BCUT2D eigenvalue weighted by Crippen LogP contribution is 2.25. The number of hydrogen-bond donors (Lipinski definition) is 0. The predicted octanol–water partition coefficient (Wildman–Crippen LogP) is 5.03. The zero-order valence-corrected chi connectivity index (χ0v) is 11.3. The summed E-state index contributed by atoms with van der Waals surface area (Å²) >= 11 is 0. The van der Waals surface area contributed by atoms with Crippen LogP contribution in [0.3, 0.4) is 0 Å². The molecule has 0 aliphatic carbocycles. The summed E-state index contributed by atoms with van der Waals surface area (Å²) in [4.78, 5) is 4.18. The lowest BCUT2D eigenvalue weighted by atomic mass is 9.98. The highest BCUT2D eigenvalue weighted by atomic mass is 14.6. The van der Waals surface area contributed by atoms with Crippen molar-refractivity contribution in [2.24, 2.45) is 0 Å². The van der Waals surface area contributed by atoms with Crippen LogP contribution in [0.1, 0.15) is 25.3 Å². The zero-order valence-electron chi connectivity index (χ0n) is 11.3. The maximum Gasteiger partial charge on any atom is 0.0346 e. The first kappa shape index (κ1) is 11.9. The minimum Gasteiger partial charge on any atom is -0.264 e. The molecule has 2 aromatic carbocycles. The lowest BCUT2D eigenvalue weighted by Crippen LogP contribution is -1.86. The molecule has 0 atom stereocenters. The van der Waals surface area contributed by atoms with E-state index in [1.807, 2.05) is 18.5 Å². The summed E-state index contributed by atoms with van der Waals surface area (Å²) in [6.45, 7) is 4.44. The van der Waals surface area contributed by atoms with Crippen LogP contribution in [0, 0.1) is 0 Å². The van der Waals surface area contributed by atoms with Gasteiger partial charge in [-0.25, -0.2) is 0 Å². The second-order valence-corrected chi connectivity index (χ2v) is 5.21. The smallest absolute Gasteiger partial charge is 0.0346 e. The molecule has 94 valence electrons. The molecule has 0 aliphatic heterocycles. The van der Waals surface area contributed by atoms with E-state index in [0.29, 0.717) is 5.92 Å². The molecule has 1 heteroatoms. The van der Waals surface area contributed by atoms with Gasteiger partial charge < -0.3 is 0 Å². The molecule has 19 heavy (non-hydrogen) atoms. The predicted molar refractivity (Wildman–Crippen MR) is 81.3 cm³/mol. The number of hydrogen-bond acceptors (Lipinski definition) is 1. The van der Waals surface area contributed by atoms with Gasteiger partial charge in [-0.1, -0.05) is 50.2 Å². The summed E-state index contributed by atoms with van der Waals surface area (Å²) in [6.07, 6.45) is 3.75. The Labute approximate surface area is 113 Å². The Hall–Kier alpha value is -2.15. The number of rotatable bonds is 2. The number of nitrogens with zero attached hydrogens (tertiary/aromatic N) is 1. The average Bonchev–Trinajstić information content (AvgIpc) is 2.47. The third-order valence-electron chi connectivity index (χ3n) is 3.55. The Morgan fingerprint density at radius 1 is 0.789 bits per heavy atom. The molecule has 3 rings (SSSR count). The van der Waals surface area contributed by atoms with Crippen LogP contribution in [0.5, 0.6) is 0 Å². The topological polar surface area (TPSA) is 12.9 Å². The first-order valence-electron chi connectivity index (χ1n) is 6.68. The van der Waals surface area contributed by atoms with Gasteiger partial charge in [-0.05, 0) is 40.1 Å². The molecule has 0 amide bonds. The van der Waals surface area contributed by atoms with Crippen LogP contribution >= 0.6 is 0 Å². The van der Waals surface area contributed by atoms with Gasteiger partial charge in [-0.15, -0.1) is 0 Å². The van der Waals surface area contributed by atoms with Gasteiger partial charge in [0.2, 0.25) is 0 Å². The van der Waals surface area contributed by atoms with Crippen molar-refractivity contribution < 1.29 is 0 Å². The Bertz CT molecular complexity index is 696. The van der Waals surface area contributed by atoms with Gasteiger partial charge in [0.1, 0.15) is 0 Å². The summed E-state index contributed by atoms with van der Waals surface area (Å²) < 4.78 is 0. The fourth-order valence-electron chi connectivity index (χ4n) is 2.33. The molecule has 0 N–H and O–H groups in total. The second-order valence-electron chi connectivity index (χ2n) is 5.21. The quantitative estimate of drug-likeness (QED) is 0.619. The van der Waals surface area contributed by atoms with Gasteiger partial charge in [0, 0.05) is 17.8 Å². The van der Waals surface area contributed by atoms with Gasteiger partial charge >= 0.3 is 0 Å². The molecule has 3 aromatic rings. The van der Waals surface area contributed by atoms with Gasteiger partial charge in [0.15, 0.2) is 0 Å². The normalized spacial score (nSPS) is 11.1. The van der Waals surface area contributed by atoms with E-state index in [2.05, 4.69) is 61.3 Å². The van der Waals surface area contributed by atoms with Crippen LogP contribution in [0.25, 0.3) is 21.9 Å². The Morgan fingerprint density at radius 3 is 2.26 bits per heavy atom. The van der Waals surface area contributed by atoms with Crippen molar-refractivity contribution in [2.45, 2.75) is 19.8 Å². The van der Waals surface area contributed by atoms with Crippen molar-refractivity contribution in [3.05, 3.63) is 66.5 Å². The van der Waals surface area contributed by atoms with Crippen LogP contribution in [0.15, 0.2) is 60.9 Å². The number of benzene rings is 2. The third-order valence-corrected chi connectivity index (χ3v) is 3.55. The van der Waals surface area contributed by atoms with Crippen molar-refractivity contribution in [2.75, 3.05) is 0 Å². The fraction of sp³-hybridized carbons (Fsp3) is 0.167. The lowest BCUT2D eigenvalue weighted by Gasteiger charge is -2.08. The summed E-state index contributed by atoms with van der Waals surface area (Å²) in [5.41, 5.74) is 3.89. The SMILES string of the molecule is CC(C)c1ccc(-c2ccc3ccncc3c2)cc1. The van der Waals surface area contributed by atoms with E-state index in [1.165, 1.54) is 27.5 Å². The highest BCUT2D eigenvalue weighted by Gasteiger charge is 2.02. The number of fused-ring (bicyclic) bond motifs is 1. The monoisotopic (exact) mass is 247 g/mol. The lowest BCUT2D eigenvalue weighted by molar-refractivity contribution is 0.867. The molecule has 1 heterocycles. The van der Waals surface area contributed by atoms with Crippen LogP contribution in [0.4, 0.5) is 0 Å². The van der Waals surface area contributed by atoms with E-state index in [-0.39, 0.29) is 0 Å². The van der Waals surface area contributed by atoms with Gasteiger partial charge in [0.25, 0.3) is 0 Å². The molecule has 1 nitrogen and oxygen atoms in total. The Kier molecular flexibility index (Phi) is 3.04. The van der Waals surface area contributed by atoms with E-state index in [9.17, 15) is 0 Å². The maximum atomic E-state index is 4.18. The van der Waals surface area contributed by atoms with Crippen molar-refractivity contribution in [3.8, 4) is 11.1 Å². The molecule has 0 saturated carbocycles. The third kappa shape index (κ3) is 2.37. The average molecular weight is 247 g/mol. The molecule has 0 aliphatic rings. The van der Waals surface area contributed by atoms with Crippen LogP contribution < -0.4 is 0 Å². The standard InChI is InChI=1S/C18H17N/c1-13(2)14-3-5-15(6-4-14)17-8-7-16-9-10-19-12-18(16)11-17/h3-13H,1-2H3. The number of pyridine rings is 1. The summed E-state index contributed by atoms with van der Waals surface area (Å²) in [5, 5.41) is 2.42. The van der Waals surface area contributed by atoms with Gasteiger partial charge in [0.05, 0.1) is 0 Å². The number of aromatic nitrogens is 1. The van der Waals surface area contributed by atoms with Crippen molar-refractivity contribution in [1.29, 1.82) is 0 Å². The first-order chi connectivity index (χ1) is 9.24. The Balaban J connectivity index is 2.03. The van der Waals surface area contributed by atoms with Gasteiger partial charge in [-0.2, -0.15) is 0 Å². The minimum absolute atomic E-state index is 0.579. The summed E-state index contributed by atoms with van der Waals surface area (Å²) in [7, 11) is 0. The molecule has 0 radical (unpaired) electrons. The molecule has 0 saturated heterocycles. The van der Waals surface area contributed by atoms with E-state index >= 15 is 0 Å².